The predicted octanol–water partition coefficient (Wildman–Crippen LogP) is 2.04. The third-order valence-corrected chi connectivity index (χ3v) is 5.25. The molecule has 20 heavy (non-hydrogen) atoms. The standard InChI is InChI=1S/C10H14F4N2O2S2/c1-2-15-5-7-3-4-8(19-7)20(17,18)16-6-10(13,14)9(11)12/h3-4,9,15-16H,2,5-6H2,1H3. The van der Waals surface area contributed by atoms with E-state index in [9.17, 15) is 26.0 Å². The maximum absolute atomic E-state index is 12.7. The molecule has 0 aliphatic rings. The molecule has 1 heterocycles. The Morgan fingerprint density at radius 1 is 1.35 bits per heavy atom. The van der Waals surface area contributed by atoms with Crippen LogP contribution in [0.2, 0.25) is 0 Å². The Bertz CT molecular complexity index is 531. The molecule has 0 unspecified atom stereocenters. The van der Waals surface area contributed by atoms with Crippen LogP contribution in [0.5, 0.6) is 0 Å². The summed E-state index contributed by atoms with van der Waals surface area (Å²) >= 11 is 0.893. The first kappa shape index (κ1) is 17.3. The minimum Gasteiger partial charge on any atom is -0.312 e. The van der Waals surface area contributed by atoms with Crippen molar-refractivity contribution >= 4 is 21.4 Å². The molecule has 4 nitrogen and oxygen atoms in total. The molecule has 0 radical (unpaired) electrons. The van der Waals surface area contributed by atoms with Crippen LogP contribution in [0.3, 0.4) is 0 Å². The topological polar surface area (TPSA) is 58.2 Å². The van der Waals surface area contributed by atoms with Crippen LogP contribution < -0.4 is 10.0 Å². The average Bonchev–Trinajstić information content (AvgIpc) is 2.83. The van der Waals surface area contributed by atoms with Crippen LogP contribution in [0.25, 0.3) is 0 Å². The van der Waals surface area contributed by atoms with Gasteiger partial charge in [0.05, 0.1) is 6.54 Å². The lowest BCUT2D eigenvalue weighted by Crippen LogP contribution is -2.41. The maximum atomic E-state index is 12.7. The Morgan fingerprint density at radius 3 is 2.55 bits per heavy atom. The molecule has 0 atom stereocenters. The van der Waals surface area contributed by atoms with Gasteiger partial charge in [0.15, 0.2) is 0 Å². The quantitative estimate of drug-likeness (QED) is 0.715. The number of rotatable bonds is 8. The molecule has 0 spiro atoms. The SMILES string of the molecule is CCNCc1ccc(S(=O)(=O)NCC(F)(F)C(F)F)s1. The number of halogens is 4. The summed E-state index contributed by atoms with van der Waals surface area (Å²) in [6, 6.07) is 2.79. The van der Waals surface area contributed by atoms with Crippen LogP contribution in [0, 0.1) is 0 Å². The van der Waals surface area contributed by atoms with E-state index in [0.717, 1.165) is 11.3 Å². The summed E-state index contributed by atoms with van der Waals surface area (Å²) in [6.45, 7) is 1.38. The van der Waals surface area contributed by atoms with E-state index in [2.05, 4.69) is 5.32 Å². The van der Waals surface area contributed by atoms with Crippen molar-refractivity contribution in [1.29, 1.82) is 0 Å². The zero-order valence-corrected chi connectivity index (χ0v) is 12.1. The third-order valence-electron chi connectivity index (χ3n) is 2.27. The highest BCUT2D eigenvalue weighted by Crippen LogP contribution is 2.24. The van der Waals surface area contributed by atoms with E-state index in [-0.39, 0.29) is 4.21 Å². The third kappa shape index (κ3) is 4.69. The molecule has 0 saturated heterocycles. The molecule has 0 aliphatic heterocycles. The molecule has 0 saturated carbocycles. The van der Waals surface area contributed by atoms with Gasteiger partial charge in [-0.15, -0.1) is 11.3 Å². The molecule has 0 bridgehead atoms. The maximum Gasteiger partial charge on any atom is 0.320 e. The van der Waals surface area contributed by atoms with Crippen LogP contribution in [-0.2, 0) is 16.6 Å². The zero-order valence-electron chi connectivity index (χ0n) is 10.5. The first-order valence-corrected chi connectivity index (χ1v) is 7.94. The Balaban J connectivity index is 2.72. The summed E-state index contributed by atoms with van der Waals surface area (Å²) < 4.78 is 73.9. The minimum atomic E-state index is -4.39. The van der Waals surface area contributed by atoms with Crippen LogP contribution in [-0.4, -0.2) is 33.9 Å². The monoisotopic (exact) mass is 334 g/mol. The van der Waals surface area contributed by atoms with Gasteiger partial charge in [-0.1, -0.05) is 6.92 Å². The molecule has 1 aromatic rings. The van der Waals surface area contributed by atoms with Gasteiger partial charge < -0.3 is 5.32 Å². The number of sulfonamides is 1. The highest BCUT2D eigenvalue weighted by molar-refractivity contribution is 7.91. The van der Waals surface area contributed by atoms with Gasteiger partial charge in [-0.05, 0) is 18.7 Å². The summed E-state index contributed by atoms with van der Waals surface area (Å²) in [7, 11) is -4.20. The van der Waals surface area contributed by atoms with Gasteiger partial charge in [-0.3, -0.25) is 0 Å². The molecule has 0 amide bonds. The molecule has 1 aromatic heterocycles. The second-order valence-electron chi connectivity index (χ2n) is 3.89. The molecule has 0 fully saturated rings. The van der Waals surface area contributed by atoms with Gasteiger partial charge in [0.25, 0.3) is 0 Å². The lowest BCUT2D eigenvalue weighted by atomic mass is 10.4. The van der Waals surface area contributed by atoms with Gasteiger partial charge in [0, 0.05) is 11.4 Å². The fourth-order valence-corrected chi connectivity index (χ4v) is 3.60. The number of hydrogen-bond donors (Lipinski definition) is 2. The number of hydrogen-bond acceptors (Lipinski definition) is 4. The summed E-state index contributed by atoms with van der Waals surface area (Å²) in [5.41, 5.74) is 0. The zero-order chi connectivity index (χ0) is 15.4. The fourth-order valence-electron chi connectivity index (χ4n) is 1.19. The Kier molecular flexibility index (Phi) is 5.92. The van der Waals surface area contributed by atoms with E-state index in [1.807, 2.05) is 6.92 Å². The summed E-state index contributed by atoms with van der Waals surface area (Å²) in [4.78, 5) is 0.702. The molecule has 116 valence electrons. The smallest absolute Gasteiger partial charge is 0.312 e. The van der Waals surface area contributed by atoms with E-state index in [1.165, 1.54) is 16.9 Å². The molecule has 2 N–H and O–H groups in total. The van der Waals surface area contributed by atoms with Gasteiger partial charge in [0.1, 0.15) is 4.21 Å². The van der Waals surface area contributed by atoms with Crippen molar-refractivity contribution < 1.29 is 26.0 Å². The fraction of sp³-hybridized carbons (Fsp3) is 0.600. The number of nitrogens with one attached hydrogen (secondary N) is 2. The Hall–Kier alpha value is -0.710. The van der Waals surface area contributed by atoms with Crippen LogP contribution >= 0.6 is 11.3 Å². The summed E-state index contributed by atoms with van der Waals surface area (Å²) in [5.74, 6) is -4.39. The van der Waals surface area contributed by atoms with E-state index < -0.39 is 28.9 Å². The van der Waals surface area contributed by atoms with Crippen molar-refractivity contribution in [3.8, 4) is 0 Å². The van der Waals surface area contributed by atoms with Gasteiger partial charge >= 0.3 is 12.3 Å². The van der Waals surface area contributed by atoms with Crippen molar-refractivity contribution in [3.05, 3.63) is 17.0 Å². The summed E-state index contributed by atoms with van der Waals surface area (Å²) in [5, 5.41) is 2.98. The normalized spacial score (nSPS) is 13.1. The van der Waals surface area contributed by atoms with Crippen molar-refractivity contribution in [2.24, 2.45) is 0 Å². The minimum absolute atomic E-state index is 0.185. The van der Waals surface area contributed by atoms with Gasteiger partial charge in [-0.2, -0.15) is 8.78 Å². The second-order valence-corrected chi connectivity index (χ2v) is 7.05. The molecular weight excluding hydrogens is 320 g/mol. The molecule has 10 heteroatoms. The second kappa shape index (κ2) is 6.83. The van der Waals surface area contributed by atoms with E-state index in [4.69, 9.17) is 0 Å². The van der Waals surface area contributed by atoms with Crippen molar-refractivity contribution in [1.82, 2.24) is 10.0 Å². The Morgan fingerprint density at radius 2 is 2.00 bits per heavy atom. The largest absolute Gasteiger partial charge is 0.320 e. The van der Waals surface area contributed by atoms with E-state index in [0.29, 0.717) is 18.0 Å². The first-order chi connectivity index (χ1) is 9.19. The average molecular weight is 334 g/mol. The molecule has 0 aliphatic carbocycles. The molecule has 1 rings (SSSR count). The molecular formula is C10H14F4N2O2S2. The highest BCUT2D eigenvalue weighted by Gasteiger charge is 2.41. The van der Waals surface area contributed by atoms with Crippen LogP contribution in [0.1, 0.15) is 11.8 Å². The van der Waals surface area contributed by atoms with Crippen molar-refractivity contribution in [3.63, 3.8) is 0 Å². The Labute approximate surface area is 118 Å². The van der Waals surface area contributed by atoms with E-state index >= 15 is 0 Å². The van der Waals surface area contributed by atoms with Crippen LogP contribution in [0.4, 0.5) is 17.6 Å². The number of alkyl halides is 4. The van der Waals surface area contributed by atoms with Crippen LogP contribution in [0.15, 0.2) is 16.3 Å². The lowest BCUT2D eigenvalue weighted by Gasteiger charge is -2.15. The lowest BCUT2D eigenvalue weighted by molar-refractivity contribution is -0.122. The van der Waals surface area contributed by atoms with E-state index in [1.54, 1.807) is 0 Å². The first-order valence-electron chi connectivity index (χ1n) is 5.64. The predicted molar refractivity (Wildman–Crippen MR) is 67.8 cm³/mol. The molecule has 0 aromatic carbocycles. The number of thiophene rings is 1. The van der Waals surface area contributed by atoms with Gasteiger partial charge in [-0.25, -0.2) is 21.9 Å². The van der Waals surface area contributed by atoms with Crippen molar-refractivity contribution in [2.45, 2.75) is 30.0 Å². The van der Waals surface area contributed by atoms with Gasteiger partial charge in [0.2, 0.25) is 10.0 Å². The summed E-state index contributed by atoms with van der Waals surface area (Å²) in [6.07, 6.45) is -3.92. The highest BCUT2D eigenvalue weighted by atomic mass is 32.2. The van der Waals surface area contributed by atoms with Crippen molar-refractivity contribution in [2.75, 3.05) is 13.1 Å².